The van der Waals surface area contributed by atoms with E-state index in [4.69, 9.17) is 4.74 Å². The quantitative estimate of drug-likeness (QED) is 0.786. The Kier molecular flexibility index (Phi) is 6.29. The van der Waals surface area contributed by atoms with E-state index in [1.54, 1.807) is 6.07 Å². The molecule has 1 atom stereocenters. The van der Waals surface area contributed by atoms with Crippen molar-refractivity contribution in [2.24, 2.45) is 0 Å². The lowest BCUT2D eigenvalue weighted by Gasteiger charge is -2.19. The summed E-state index contributed by atoms with van der Waals surface area (Å²) in [5, 5.41) is 15.5. The molecule has 6 heteroatoms. The first-order valence-corrected chi connectivity index (χ1v) is 8.60. The number of carbonyl (C=O) groups is 2. The van der Waals surface area contributed by atoms with Gasteiger partial charge in [0, 0.05) is 0 Å². The fourth-order valence-electron chi connectivity index (χ4n) is 2.13. The molecule has 0 heterocycles. The van der Waals surface area contributed by atoms with Crippen molar-refractivity contribution < 1.29 is 19.4 Å². The maximum Gasteiger partial charge on any atom is 0.258 e. The highest BCUT2D eigenvalue weighted by Gasteiger charge is 2.13. The van der Waals surface area contributed by atoms with Crippen molar-refractivity contribution in [3.05, 3.63) is 42.5 Å². The second-order valence-electron chi connectivity index (χ2n) is 5.02. The van der Waals surface area contributed by atoms with Crippen LogP contribution in [0.5, 0.6) is 5.75 Å². The molecule has 0 fully saturated rings. The predicted molar refractivity (Wildman–Crippen MR) is 89.4 cm³/mol. The molecule has 0 unspecified atom stereocenters. The van der Waals surface area contributed by atoms with Crippen molar-refractivity contribution in [3.63, 3.8) is 0 Å². The van der Waals surface area contributed by atoms with Gasteiger partial charge in [0.15, 0.2) is 6.61 Å². The Bertz CT molecular complexity index is 689. The van der Waals surface area contributed by atoms with Gasteiger partial charge in [0.1, 0.15) is 5.75 Å². The number of aliphatic carboxylic acids is 1. The molecule has 0 aromatic heterocycles. The van der Waals surface area contributed by atoms with E-state index in [0.29, 0.717) is 17.9 Å². The number of nitrogens with one attached hydrogen (secondary N) is 1. The van der Waals surface area contributed by atoms with Crippen LogP contribution in [0.25, 0.3) is 10.8 Å². The second-order valence-corrected chi connectivity index (χ2v) is 6.00. The number of hydrogen-bond donors (Lipinski definition) is 1. The number of benzene rings is 2. The number of hydrogen-bond acceptors (Lipinski definition) is 5. The van der Waals surface area contributed by atoms with Gasteiger partial charge in [-0.25, -0.2) is 0 Å². The maximum absolute atomic E-state index is 11.8. The van der Waals surface area contributed by atoms with Crippen molar-refractivity contribution in [1.82, 2.24) is 5.32 Å². The van der Waals surface area contributed by atoms with Crippen LogP contribution in [0.3, 0.4) is 0 Å². The van der Waals surface area contributed by atoms with Gasteiger partial charge in [-0.3, -0.25) is 4.79 Å². The molecule has 1 N–H and O–H groups in total. The summed E-state index contributed by atoms with van der Waals surface area (Å²) in [6.07, 6.45) is 2.20. The molecule has 0 radical (unpaired) electrons. The third kappa shape index (κ3) is 5.17. The lowest BCUT2D eigenvalue weighted by Crippen LogP contribution is -2.49. The van der Waals surface area contributed by atoms with Crippen LogP contribution in [-0.4, -0.2) is 36.5 Å². The lowest BCUT2D eigenvalue weighted by atomic mass is 10.1. The number of carboxylic acid groups (broad SMARTS) is 1. The van der Waals surface area contributed by atoms with E-state index in [9.17, 15) is 14.7 Å². The minimum Gasteiger partial charge on any atom is -0.548 e. The van der Waals surface area contributed by atoms with Gasteiger partial charge in [-0.15, -0.1) is 0 Å². The monoisotopic (exact) mass is 332 g/mol. The van der Waals surface area contributed by atoms with Gasteiger partial charge in [-0.2, -0.15) is 11.8 Å². The van der Waals surface area contributed by atoms with Crippen LogP contribution in [-0.2, 0) is 9.59 Å². The van der Waals surface area contributed by atoms with E-state index in [1.165, 1.54) is 11.8 Å². The van der Waals surface area contributed by atoms with E-state index in [2.05, 4.69) is 5.32 Å². The molecule has 0 spiro atoms. The highest BCUT2D eigenvalue weighted by Crippen LogP contribution is 2.20. The fraction of sp³-hybridized carbons (Fsp3) is 0.294. The van der Waals surface area contributed by atoms with Crippen molar-refractivity contribution in [3.8, 4) is 5.75 Å². The lowest BCUT2D eigenvalue weighted by molar-refractivity contribution is -0.308. The predicted octanol–water partition coefficient (Wildman–Crippen LogP) is 1.21. The molecular formula is C17H18NO4S-. The first kappa shape index (κ1) is 17.1. The van der Waals surface area contributed by atoms with Crippen LogP contribution in [0.15, 0.2) is 42.5 Å². The number of rotatable bonds is 8. The summed E-state index contributed by atoms with van der Waals surface area (Å²) in [7, 11) is 0. The molecule has 0 aliphatic carbocycles. The first-order chi connectivity index (χ1) is 11.1. The summed E-state index contributed by atoms with van der Waals surface area (Å²) in [4.78, 5) is 22.8. The highest BCUT2D eigenvalue weighted by molar-refractivity contribution is 7.98. The van der Waals surface area contributed by atoms with Crippen LogP contribution < -0.4 is 15.2 Å². The minimum absolute atomic E-state index is 0.235. The number of amides is 1. The standard InChI is InChI=1S/C17H19NO4S/c1-23-9-8-15(17(20)21)18-16(19)11-22-14-7-6-12-4-2-3-5-13(12)10-14/h2-7,10,15H,8-9,11H2,1H3,(H,18,19)(H,20,21)/p-1/t15-/m1/s1. The number of ether oxygens (including phenoxy) is 1. The van der Waals surface area contributed by atoms with Crippen molar-refractivity contribution in [2.45, 2.75) is 12.5 Å². The molecule has 2 rings (SSSR count). The van der Waals surface area contributed by atoms with E-state index in [1.807, 2.05) is 42.7 Å². The smallest absolute Gasteiger partial charge is 0.258 e. The first-order valence-electron chi connectivity index (χ1n) is 7.21. The Morgan fingerprint density at radius 2 is 1.96 bits per heavy atom. The van der Waals surface area contributed by atoms with Crippen LogP contribution in [0.1, 0.15) is 6.42 Å². The summed E-state index contributed by atoms with van der Waals surface area (Å²) in [6, 6.07) is 12.4. The third-order valence-electron chi connectivity index (χ3n) is 3.32. The Balaban J connectivity index is 1.90. The number of carbonyl (C=O) groups excluding carboxylic acids is 2. The molecule has 122 valence electrons. The SMILES string of the molecule is CSCC[C@@H](NC(=O)COc1ccc2ccccc2c1)C(=O)[O-]. The van der Waals surface area contributed by atoms with Gasteiger partial charge in [-0.05, 0) is 41.3 Å². The summed E-state index contributed by atoms with van der Waals surface area (Å²) in [6.45, 7) is -0.235. The van der Waals surface area contributed by atoms with Crippen LogP contribution in [0.2, 0.25) is 0 Å². The van der Waals surface area contributed by atoms with Gasteiger partial charge in [0.2, 0.25) is 0 Å². The summed E-state index contributed by atoms with van der Waals surface area (Å²) in [5.41, 5.74) is 0. The Hall–Kier alpha value is -2.21. The Morgan fingerprint density at radius 1 is 1.22 bits per heavy atom. The zero-order chi connectivity index (χ0) is 16.7. The molecule has 0 aliphatic rings. The molecule has 0 saturated heterocycles. The zero-order valence-corrected chi connectivity index (χ0v) is 13.6. The van der Waals surface area contributed by atoms with Gasteiger partial charge in [0.25, 0.3) is 5.91 Å². The van der Waals surface area contributed by atoms with E-state index in [0.717, 1.165) is 10.8 Å². The van der Waals surface area contributed by atoms with Crippen LogP contribution in [0.4, 0.5) is 0 Å². The third-order valence-corrected chi connectivity index (χ3v) is 3.97. The molecule has 0 saturated carbocycles. The summed E-state index contributed by atoms with van der Waals surface area (Å²) < 4.78 is 5.43. The average Bonchev–Trinajstić information content (AvgIpc) is 2.56. The van der Waals surface area contributed by atoms with E-state index in [-0.39, 0.29) is 6.61 Å². The second kappa shape index (κ2) is 8.43. The van der Waals surface area contributed by atoms with E-state index < -0.39 is 17.9 Å². The van der Waals surface area contributed by atoms with Gasteiger partial charge in [0.05, 0.1) is 12.0 Å². The zero-order valence-electron chi connectivity index (χ0n) is 12.8. The van der Waals surface area contributed by atoms with Gasteiger partial charge >= 0.3 is 0 Å². The van der Waals surface area contributed by atoms with Gasteiger partial charge < -0.3 is 20.0 Å². The molecule has 0 aliphatic heterocycles. The molecule has 1 amide bonds. The largest absolute Gasteiger partial charge is 0.548 e. The summed E-state index contributed by atoms with van der Waals surface area (Å²) in [5.74, 6) is -0.565. The Morgan fingerprint density at radius 3 is 2.65 bits per heavy atom. The molecule has 2 aromatic rings. The number of thioether (sulfide) groups is 1. The minimum atomic E-state index is -1.28. The van der Waals surface area contributed by atoms with Crippen LogP contribution >= 0.6 is 11.8 Å². The van der Waals surface area contributed by atoms with Crippen LogP contribution in [0, 0.1) is 0 Å². The molecule has 23 heavy (non-hydrogen) atoms. The molecule has 5 nitrogen and oxygen atoms in total. The summed E-state index contributed by atoms with van der Waals surface area (Å²) >= 11 is 1.51. The Labute approximate surface area is 139 Å². The van der Waals surface area contributed by atoms with Crippen molar-refractivity contribution >= 4 is 34.4 Å². The molecular weight excluding hydrogens is 314 g/mol. The fourth-order valence-corrected chi connectivity index (χ4v) is 2.60. The number of carboxylic acids is 1. The number of fused-ring (bicyclic) bond motifs is 1. The highest BCUT2D eigenvalue weighted by atomic mass is 32.2. The normalized spacial score (nSPS) is 11.9. The van der Waals surface area contributed by atoms with Crippen molar-refractivity contribution in [1.29, 1.82) is 0 Å². The molecule has 0 bridgehead atoms. The van der Waals surface area contributed by atoms with E-state index >= 15 is 0 Å². The topological polar surface area (TPSA) is 78.5 Å². The average molecular weight is 332 g/mol. The van der Waals surface area contributed by atoms with Gasteiger partial charge in [-0.1, -0.05) is 30.3 Å². The van der Waals surface area contributed by atoms with Crippen molar-refractivity contribution in [2.75, 3.05) is 18.6 Å². The molecule has 2 aromatic carbocycles. The maximum atomic E-state index is 11.8.